The number of hydrogen-bond acceptors (Lipinski definition) is 7. The van der Waals surface area contributed by atoms with Crippen LogP contribution in [-0.2, 0) is 12.4 Å². The SMILES string of the molecule is COc1ccccc1OCc1nnc(SCc2cc(=O)[nH]c3ccccc23)o1. The number of benzene rings is 2. The molecule has 0 aliphatic heterocycles. The van der Waals surface area contributed by atoms with Crippen LogP contribution in [0.2, 0.25) is 0 Å². The van der Waals surface area contributed by atoms with E-state index in [-0.39, 0.29) is 12.2 Å². The maximum absolute atomic E-state index is 11.8. The molecule has 2 heterocycles. The standard InChI is InChI=1S/C20H17N3O4S/c1-25-16-8-4-5-9-17(16)26-11-19-22-23-20(27-19)28-12-13-10-18(24)21-15-7-3-2-6-14(13)15/h2-10H,11-12H2,1H3,(H,21,24). The third-order valence-corrected chi connectivity index (χ3v) is 4.92. The number of fused-ring (bicyclic) bond motifs is 1. The third kappa shape index (κ3) is 4.01. The molecule has 0 aliphatic rings. The van der Waals surface area contributed by atoms with E-state index in [0.717, 1.165) is 16.5 Å². The highest BCUT2D eigenvalue weighted by Gasteiger charge is 2.11. The Hall–Kier alpha value is -3.26. The number of para-hydroxylation sites is 3. The Morgan fingerprint density at radius 1 is 1.07 bits per heavy atom. The number of rotatable bonds is 7. The van der Waals surface area contributed by atoms with Crippen molar-refractivity contribution in [1.82, 2.24) is 15.2 Å². The van der Waals surface area contributed by atoms with Crippen molar-refractivity contribution in [2.45, 2.75) is 17.6 Å². The summed E-state index contributed by atoms with van der Waals surface area (Å²) in [5.41, 5.74) is 1.59. The van der Waals surface area contributed by atoms with Crippen LogP contribution in [0.4, 0.5) is 0 Å². The summed E-state index contributed by atoms with van der Waals surface area (Å²) in [7, 11) is 1.59. The molecule has 7 nitrogen and oxygen atoms in total. The van der Waals surface area contributed by atoms with Gasteiger partial charge in [0.2, 0.25) is 5.56 Å². The fourth-order valence-electron chi connectivity index (χ4n) is 2.77. The summed E-state index contributed by atoms with van der Waals surface area (Å²) in [6.07, 6.45) is 0. The molecule has 4 aromatic rings. The average molecular weight is 395 g/mol. The molecule has 2 aromatic heterocycles. The molecule has 0 spiro atoms. The van der Waals surface area contributed by atoms with E-state index in [1.54, 1.807) is 13.2 Å². The molecule has 2 aromatic carbocycles. The highest BCUT2D eigenvalue weighted by atomic mass is 32.2. The molecule has 0 saturated carbocycles. The van der Waals surface area contributed by atoms with Crippen molar-refractivity contribution in [2.24, 2.45) is 0 Å². The van der Waals surface area contributed by atoms with Crippen LogP contribution in [0.15, 0.2) is 69.0 Å². The monoisotopic (exact) mass is 395 g/mol. The van der Waals surface area contributed by atoms with E-state index in [9.17, 15) is 4.79 Å². The molecule has 8 heteroatoms. The molecule has 0 unspecified atom stereocenters. The predicted molar refractivity (Wildman–Crippen MR) is 106 cm³/mol. The molecular weight excluding hydrogens is 378 g/mol. The number of thioether (sulfide) groups is 1. The maximum Gasteiger partial charge on any atom is 0.277 e. The van der Waals surface area contributed by atoms with E-state index < -0.39 is 0 Å². The summed E-state index contributed by atoms with van der Waals surface area (Å²) in [5.74, 6) is 2.15. The van der Waals surface area contributed by atoms with Crippen LogP contribution in [0.3, 0.4) is 0 Å². The van der Waals surface area contributed by atoms with E-state index in [1.807, 2.05) is 48.5 Å². The van der Waals surface area contributed by atoms with Gasteiger partial charge in [-0.1, -0.05) is 42.1 Å². The van der Waals surface area contributed by atoms with Crippen molar-refractivity contribution in [3.63, 3.8) is 0 Å². The number of H-pyrrole nitrogens is 1. The second-order valence-corrected chi connectivity index (χ2v) is 6.82. The summed E-state index contributed by atoms with van der Waals surface area (Å²) in [5, 5.41) is 9.46. The first-order chi connectivity index (χ1) is 13.7. The lowest BCUT2D eigenvalue weighted by Gasteiger charge is -2.08. The average Bonchev–Trinajstić information content (AvgIpc) is 3.18. The van der Waals surface area contributed by atoms with Gasteiger partial charge in [0.05, 0.1) is 7.11 Å². The highest BCUT2D eigenvalue weighted by molar-refractivity contribution is 7.98. The molecule has 142 valence electrons. The zero-order valence-electron chi connectivity index (χ0n) is 15.0. The van der Waals surface area contributed by atoms with Gasteiger partial charge < -0.3 is 18.9 Å². The van der Waals surface area contributed by atoms with Gasteiger partial charge in [-0.15, -0.1) is 10.2 Å². The largest absolute Gasteiger partial charge is 0.493 e. The van der Waals surface area contributed by atoms with E-state index >= 15 is 0 Å². The van der Waals surface area contributed by atoms with Gasteiger partial charge in [-0.3, -0.25) is 4.79 Å². The van der Waals surface area contributed by atoms with Crippen LogP contribution in [-0.4, -0.2) is 22.3 Å². The smallest absolute Gasteiger partial charge is 0.277 e. The molecule has 0 amide bonds. The molecule has 0 aliphatic carbocycles. The van der Waals surface area contributed by atoms with Crippen molar-refractivity contribution >= 4 is 22.7 Å². The second kappa shape index (κ2) is 8.18. The molecule has 0 bridgehead atoms. The van der Waals surface area contributed by atoms with Gasteiger partial charge in [-0.2, -0.15) is 0 Å². The number of aromatic nitrogens is 3. The zero-order chi connectivity index (χ0) is 19.3. The summed E-state index contributed by atoms with van der Waals surface area (Å²) in [4.78, 5) is 14.7. The molecule has 0 atom stereocenters. The molecule has 0 fully saturated rings. The lowest BCUT2D eigenvalue weighted by Crippen LogP contribution is -2.05. The minimum Gasteiger partial charge on any atom is -0.493 e. The van der Waals surface area contributed by atoms with Crippen LogP contribution in [0.5, 0.6) is 11.5 Å². The number of methoxy groups -OCH3 is 1. The van der Waals surface area contributed by atoms with Gasteiger partial charge in [-0.05, 0) is 23.8 Å². The van der Waals surface area contributed by atoms with Gasteiger partial charge in [0.15, 0.2) is 18.1 Å². The van der Waals surface area contributed by atoms with Crippen LogP contribution in [0.25, 0.3) is 10.9 Å². The number of nitrogens with zero attached hydrogens (tertiary/aromatic N) is 2. The van der Waals surface area contributed by atoms with Crippen molar-refractivity contribution in [1.29, 1.82) is 0 Å². The van der Waals surface area contributed by atoms with Crippen LogP contribution in [0.1, 0.15) is 11.5 Å². The number of hydrogen-bond donors (Lipinski definition) is 1. The Morgan fingerprint density at radius 3 is 2.71 bits per heavy atom. The first-order valence-electron chi connectivity index (χ1n) is 8.55. The van der Waals surface area contributed by atoms with Crippen LogP contribution < -0.4 is 15.0 Å². The van der Waals surface area contributed by atoms with Gasteiger partial charge in [-0.25, -0.2) is 0 Å². The molecule has 1 N–H and O–H groups in total. The van der Waals surface area contributed by atoms with Gasteiger partial charge in [0.25, 0.3) is 11.1 Å². The van der Waals surface area contributed by atoms with Gasteiger partial charge in [0, 0.05) is 22.7 Å². The maximum atomic E-state index is 11.8. The van der Waals surface area contributed by atoms with Crippen molar-refractivity contribution < 1.29 is 13.9 Å². The number of nitrogens with one attached hydrogen (secondary N) is 1. The first-order valence-corrected chi connectivity index (χ1v) is 9.53. The summed E-state index contributed by atoms with van der Waals surface area (Å²) in [6, 6.07) is 16.6. The van der Waals surface area contributed by atoms with Crippen LogP contribution >= 0.6 is 11.8 Å². The van der Waals surface area contributed by atoms with Crippen molar-refractivity contribution in [3.8, 4) is 11.5 Å². The highest BCUT2D eigenvalue weighted by Crippen LogP contribution is 2.28. The zero-order valence-corrected chi connectivity index (χ0v) is 15.9. The van der Waals surface area contributed by atoms with E-state index in [1.165, 1.54) is 11.8 Å². The topological polar surface area (TPSA) is 90.2 Å². The normalized spacial score (nSPS) is 10.9. The first kappa shape index (κ1) is 18.1. The molecule has 4 rings (SSSR count). The van der Waals surface area contributed by atoms with Crippen molar-refractivity contribution in [3.05, 3.63) is 76.4 Å². The van der Waals surface area contributed by atoms with E-state index in [0.29, 0.717) is 28.4 Å². The van der Waals surface area contributed by atoms with Gasteiger partial charge in [0.1, 0.15) is 0 Å². The third-order valence-electron chi connectivity index (χ3n) is 4.06. The lowest BCUT2D eigenvalue weighted by atomic mass is 10.1. The van der Waals surface area contributed by atoms with E-state index in [2.05, 4.69) is 15.2 Å². The lowest BCUT2D eigenvalue weighted by molar-refractivity contribution is 0.241. The summed E-state index contributed by atoms with van der Waals surface area (Å²) >= 11 is 1.37. The molecule has 0 saturated heterocycles. The minimum absolute atomic E-state index is 0.134. The quantitative estimate of drug-likeness (QED) is 0.476. The van der Waals surface area contributed by atoms with E-state index in [4.69, 9.17) is 13.9 Å². The molecular formula is C20H17N3O4S. The van der Waals surface area contributed by atoms with Crippen molar-refractivity contribution in [2.75, 3.05) is 7.11 Å². The van der Waals surface area contributed by atoms with Gasteiger partial charge >= 0.3 is 0 Å². The Kier molecular flexibility index (Phi) is 5.29. The Bertz CT molecular complexity index is 1160. The Balaban J connectivity index is 1.42. The second-order valence-electron chi connectivity index (χ2n) is 5.89. The fourth-order valence-corrected chi connectivity index (χ4v) is 3.54. The molecule has 0 radical (unpaired) electrons. The number of pyridine rings is 1. The Morgan fingerprint density at radius 2 is 1.86 bits per heavy atom. The number of ether oxygens (including phenoxy) is 2. The summed E-state index contributed by atoms with van der Waals surface area (Å²) in [6.45, 7) is 0.141. The predicted octanol–water partition coefficient (Wildman–Crippen LogP) is 3.79. The molecule has 28 heavy (non-hydrogen) atoms. The van der Waals surface area contributed by atoms with Crippen LogP contribution in [0, 0.1) is 0 Å². The number of aromatic amines is 1. The minimum atomic E-state index is -0.134. The fraction of sp³-hybridized carbons (Fsp3) is 0.150. The Labute approximate surface area is 164 Å². The summed E-state index contributed by atoms with van der Waals surface area (Å²) < 4.78 is 16.6.